The van der Waals surface area contributed by atoms with Gasteiger partial charge < -0.3 is 19.3 Å². The fourth-order valence-electron chi connectivity index (χ4n) is 3.15. The summed E-state index contributed by atoms with van der Waals surface area (Å²) in [7, 11) is 2.14. The summed E-state index contributed by atoms with van der Waals surface area (Å²) in [5.41, 5.74) is 0.0473. The first-order chi connectivity index (χ1) is 11.1. The van der Waals surface area contributed by atoms with E-state index in [4.69, 9.17) is 9.47 Å². The third-order valence-corrected chi connectivity index (χ3v) is 4.26. The molecule has 0 bridgehead atoms. The van der Waals surface area contributed by atoms with Crippen molar-refractivity contribution >= 4 is 0 Å². The molecule has 0 aliphatic carbocycles. The van der Waals surface area contributed by atoms with Gasteiger partial charge >= 0.3 is 0 Å². The molecule has 1 unspecified atom stereocenters. The van der Waals surface area contributed by atoms with Crippen LogP contribution >= 0.6 is 0 Å². The number of nitrogens with zero attached hydrogens (tertiary/aromatic N) is 2. The molecule has 2 fully saturated rings. The lowest BCUT2D eigenvalue weighted by atomic mass is 10.1. The number of ether oxygens (including phenoxy) is 2. The second-order valence-electron chi connectivity index (χ2n) is 9.27. The Kier molecular flexibility index (Phi) is 9.21. The predicted octanol–water partition coefficient (Wildman–Crippen LogP) is 3.79. The Morgan fingerprint density at radius 2 is 1.50 bits per heavy atom. The molecule has 0 radical (unpaired) electrons. The van der Waals surface area contributed by atoms with E-state index in [9.17, 15) is 0 Å². The van der Waals surface area contributed by atoms with E-state index < -0.39 is 0 Å². The van der Waals surface area contributed by atoms with Crippen LogP contribution in [0.25, 0.3) is 0 Å². The maximum atomic E-state index is 5.83. The lowest BCUT2D eigenvalue weighted by Gasteiger charge is -2.28. The van der Waals surface area contributed by atoms with Crippen LogP contribution in [0.1, 0.15) is 67.2 Å². The molecule has 0 aromatic rings. The minimum absolute atomic E-state index is 0.0236. The lowest BCUT2D eigenvalue weighted by Crippen LogP contribution is -2.34. The van der Waals surface area contributed by atoms with Crippen molar-refractivity contribution in [3.05, 3.63) is 0 Å². The summed E-state index contributed by atoms with van der Waals surface area (Å²) in [5.74, 6) is 0. The molecule has 0 amide bonds. The highest BCUT2D eigenvalue weighted by Gasteiger charge is 2.24. The zero-order chi connectivity index (χ0) is 18.2. The number of rotatable bonds is 4. The summed E-state index contributed by atoms with van der Waals surface area (Å²) in [6, 6.07) is 0. The molecule has 4 nitrogen and oxygen atoms in total. The minimum atomic E-state index is 0.0236. The molecule has 24 heavy (non-hydrogen) atoms. The van der Waals surface area contributed by atoms with E-state index in [0.717, 1.165) is 19.7 Å². The fraction of sp³-hybridized carbons (Fsp3) is 1.00. The van der Waals surface area contributed by atoms with Gasteiger partial charge in [-0.25, -0.2) is 0 Å². The van der Waals surface area contributed by atoms with Crippen LogP contribution in [0.5, 0.6) is 0 Å². The predicted molar refractivity (Wildman–Crippen MR) is 103 cm³/mol. The van der Waals surface area contributed by atoms with E-state index >= 15 is 0 Å². The summed E-state index contributed by atoms with van der Waals surface area (Å²) in [4.78, 5) is 4.83. The Morgan fingerprint density at radius 1 is 0.875 bits per heavy atom. The Morgan fingerprint density at radius 3 is 1.96 bits per heavy atom. The zero-order valence-corrected chi connectivity index (χ0v) is 17.4. The van der Waals surface area contributed by atoms with Crippen LogP contribution in [-0.2, 0) is 9.47 Å². The number of hydrogen-bond acceptors (Lipinski definition) is 4. The fourth-order valence-corrected chi connectivity index (χ4v) is 3.15. The molecule has 0 N–H and O–H groups in total. The SMILES string of the molecule is CC(C)(C)OCCN1CCCCC1.CN1CCC(OC(C)(C)C)C1. The highest BCUT2D eigenvalue weighted by Crippen LogP contribution is 2.17. The normalized spacial score (nSPS) is 23.9. The van der Waals surface area contributed by atoms with E-state index in [1.807, 2.05) is 0 Å². The smallest absolute Gasteiger partial charge is 0.0721 e. The third kappa shape index (κ3) is 11.4. The van der Waals surface area contributed by atoms with E-state index in [-0.39, 0.29) is 11.2 Å². The first-order valence-electron chi connectivity index (χ1n) is 9.78. The molecule has 0 saturated carbocycles. The van der Waals surface area contributed by atoms with Crippen molar-refractivity contribution in [2.75, 3.05) is 46.4 Å². The van der Waals surface area contributed by atoms with Gasteiger partial charge in [0.05, 0.1) is 23.9 Å². The van der Waals surface area contributed by atoms with Gasteiger partial charge in [-0.3, -0.25) is 0 Å². The lowest BCUT2D eigenvalue weighted by molar-refractivity contribution is -0.0531. The van der Waals surface area contributed by atoms with Crippen molar-refractivity contribution < 1.29 is 9.47 Å². The summed E-state index contributed by atoms with van der Waals surface area (Å²) in [6.45, 7) is 19.5. The molecule has 4 heteroatoms. The number of likely N-dealkylation sites (tertiary alicyclic amines) is 2. The van der Waals surface area contributed by atoms with Crippen LogP contribution in [-0.4, -0.2) is 73.5 Å². The zero-order valence-electron chi connectivity index (χ0n) is 17.4. The van der Waals surface area contributed by atoms with Crippen molar-refractivity contribution in [1.29, 1.82) is 0 Å². The number of hydrogen-bond donors (Lipinski definition) is 0. The highest BCUT2D eigenvalue weighted by molar-refractivity contribution is 4.76. The van der Waals surface area contributed by atoms with Gasteiger partial charge in [-0.15, -0.1) is 0 Å². The van der Waals surface area contributed by atoms with E-state index in [2.05, 4.69) is 58.4 Å². The molecule has 1 atom stereocenters. The average molecular weight is 343 g/mol. The van der Waals surface area contributed by atoms with Crippen molar-refractivity contribution in [2.24, 2.45) is 0 Å². The molecule has 2 rings (SSSR count). The standard InChI is InChI=1S/C11H23NO.C9H19NO/c1-11(2,3)13-10-9-12-7-5-4-6-8-12;1-9(2,3)11-8-5-6-10(4)7-8/h4-10H2,1-3H3;8H,5-7H2,1-4H3. The Hall–Kier alpha value is -0.160. The molecule has 144 valence electrons. The molecule has 0 aromatic heterocycles. The highest BCUT2D eigenvalue weighted by atomic mass is 16.5. The van der Waals surface area contributed by atoms with Crippen molar-refractivity contribution in [2.45, 2.75) is 84.5 Å². The maximum Gasteiger partial charge on any atom is 0.0721 e. The van der Waals surface area contributed by atoms with Gasteiger partial charge in [0.1, 0.15) is 0 Å². The molecule has 0 aromatic carbocycles. The largest absolute Gasteiger partial charge is 0.375 e. The topological polar surface area (TPSA) is 24.9 Å². The number of piperidine rings is 1. The van der Waals surface area contributed by atoms with Gasteiger partial charge in [-0.05, 0) is 80.9 Å². The van der Waals surface area contributed by atoms with E-state index in [1.165, 1.54) is 45.3 Å². The monoisotopic (exact) mass is 342 g/mol. The van der Waals surface area contributed by atoms with Gasteiger partial charge in [0.2, 0.25) is 0 Å². The number of likely N-dealkylation sites (N-methyl/N-ethyl adjacent to an activating group) is 1. The first-order valence-corrected chi connectivity index (χ1v) is 9.78. The molecule has 0 spiro atoms. The molecule has 2 heterocycles. The van der Waals surface area contributed by atoms with Gasteiger partial charge in [0, 0.05) is 19.6 Å². The van der Waals surface area contributed by atoms with E-state index in [1.54, 1.807) is 0 Å². The van der Waals surface area contributed by atoms with Crippen LogP contribution in [0.15, 0.2) is 0 Å². The molecule has 2 aliphatic heterocycles. The first kappa shape index (κ1) is 21.9. The molecule has 2 aliphatic rings. The van der Waals surface area contributed by atoms with Gasteiger partial charge in [0.25, 0.3) is 0 Å². The quantitative estimate of drug-likeness (QED) is 0.776. The average Bonchev–Trinajstić information content (AvgIpc) is 2.82. The molecule has 2 saturated heterocycles. The Labute approximate surface area is 150 Å². The van der Waals surface area contributed by atoms with Crippen molar-refractivity contribution in [3.63, 3.8) is 0 Å². The second kappa shape index (κ2) is 10.1. The summed E-state index contributed by atoms with van der Waals surface area (Å²) >= 11 is 0. The van der Waals surface area contributed by atoms with Crippen molar-refractivity contribution in [3.8, 4) is 0 Å². The Bertz CT molecular complexity index is 328. The summed E-state index contributed by atoms with van der Waals surface area (Å²) in [5, 5.41) is 0. The maximum absolute atomic E-state index is 5.83. The Balaban J connectivity index is 0.000000243. The van der Waals surface area contributed by atoms with Crippen molar-refractivity contribution in [1.82, 2.24) is 9.80 Å². The van der Waals surface area contributed by atoms with Crippen LogP contribution < -0.4 is 0 Å². The van der Waals surface area contributed by atoms with Crippen LogP contribution in [0.3, 0.4) is 0 Å². The van der Waals surface area contributed by atoms with Gasteiger partial charge in [-0.1, -0.05) is 6.42 Å². The third-order valence-electron chi connectivity index (χ3n) is 4.26. The molecular weight excluding hydrogens is 300 g/mol. The van der Waals surface area contributed by atoms with Gasteiger partial charge in [-0.2, -0.15) is 0 Å². The summed E-state index contributed by atoms with van der Waals surface area (Å²) in [6.07, 6.45) is 5.80. The van der Waals surface area contributed by atoms with Crippen LogP contribution in [0.4, 0.5) is 0 Å². The second-order valence-corrected chi connectivity index (χ2v) is 9.27. The minimum Gasteiger partial charge on any atom is -0.375 e. The van der Waals surface area contributed by atoms with Crippen LogP contribution in [0, 0.1) is 0 Å². The summed E-state index contributed by atoms with van der Waals surface area (Å²) < 4.78 is 11.5. The molecular formula is C20H42N2O2. The van der Waals surface area contributed by atoms with E-state index in [0.29, 0.717) is 6.10 Å². The van der Waals surface area contributed by atoms with Gasteiger partial charge in [0.15, 0.2) is 0 Å². The van der Waals surface area contributed by atoms with Crippen LogP contribution in [0.2, 0.25) is 0 Å².